The van der Waals surface area contributed by atoms with Crippen LogP contribution in [-0.4, -0.2) is 21.7 Å². The van der Waals surface area contributed by atoms with Crippen molar-refractivity contribution in [2.24, 2.45) is 5.73 Å². The molecule has 3 heterocycles. The van der Waals surface area contributed by atoms with Crippen molar-refractivity contribution in [3.8, 4) is 10.4 Å². The molecule has 0 amide bonds. The van der Waals surface area contributed by atoms with Crippen molar-refractivity contribution in [3.05, 3.63) is 35.5 Å². The molecular formula is C15H20N4S. The number of nitrogens with two attached hydrogens (primary N) is 1. The number of rotatable bonds is 4. The summed E-state index contributed by atoms with van der Waals surface area (Å²) in [7, 11) is 0. The number of nitrogens with one attached hydrogen (secondary N) is 1. The van der Waals surface area contributed by atoms with Crippen LogP contribution in [0.25, 0.3) is 21.5 Å². The lowest BCUT2D eigenvalue weighted by Gasteiger charge is -2.25. The van der Waals surface area contributed by atoms with Crippen molar-refractivity contribution in [2.45, 2.75) is 25.7 Å². The van der Waals surface area contributed by atoms with E-state index in [1.807, 2.05) is 18.5 Å². The summed E-state index contributed by atoms with van der Waals surface area (Å²) >= 11 is 1.75. The van der Waals surface area contributed by atoms with Gasteiger partial charge in [0.25, 0.3) is 0 Å². The standard InChI is InChI=1S/C15H18N4S.H2/c1-3-15(2,9-16)10-6-13(20-8-10)11-4-5-17-14-12(11)7-18-19-14;/h4-8H,3,9,16H2,1-2H3,(H,17,18,19);1H. The van der Waals surface area contributed by atoms with Crippen LogP contribution in [0, 0.1) is 0 Å². The number of thiophene rings is 1. The molecule has 3 rings (SSSR count). The van der Waals surface area contributed by atoms with E-state index < -0.39 is 0 Å². The van der Waals surface area contributed by atoms with Crippen molar-refractivity contribution in [1.82, 2.24) is 15.2 Å². The summed E-state index contributed by atoms with van der Waals surface area (Å²) in [5, 5.41) is 10.3. The lowest BCUT2D eigenvalue weighted by Crippen LogP contribution is -2.30. The molecule has 0 aliphatic heterocycles. The van der Waals surface area contributed by atoms with Gasteiger partial charge in [0.05, 0.1) is 6.20 Å². The quantitative estimate of drug-likeness (QED) is 0.771. The van der Waals surface area contributed by atoms with E-state index in [4.69, 9.17) is 5.73 Å². The minimum Gasteiger partial charge on any atom is -0.330 e. The Labute approximate surface area is 123 Å². The van der Waals surface area contributed by atoms with Gasteiger partial charge in [0.15, 0.2) is 5.65 Å². The molecule has 4 nitrogen and oxygen atoms in total. The maximum Gasteiger partial charge on any atom is 0.155 e. The van der Waals surface area contributed by atoms with Gasteiger partial charge in [0.1, 0.15) is 0 Å². The first-order valence-corrected chi connectivity index (χ1v) is 7.63. The summed E-state index contributed by atoms with van der Waals surface area (Å²) in [6.07, 6.45) is 4.69. The van der Waals surface area contributed by atoms with E-state index in [9.17, 15) is 0 Å². The van der Waals surface area contributed by atoms with Crippen LogP contribution in [0.5, 0.6) is 0 Å². The number of H-pyrrole nitrogens is 1. The third-order valence-electron chi connectivity index (χ3n) is 4.15. The summed E-state index contributed by atoms with van der Waals surface area (Å²) in [6, 6.07) is 4.29. The molecule has 20 heavy (non-hydrogen) atoms. The number of hydrogen-bond acceptors (Lipinski definition) is 4. The zero-order valence-corrected chi connectivity index (χ0v) is 12.5. The van der Waals surface area contributed by atoms with E-state index in [1.165, 1.54) is 16.0 Å². The summed E-state index contributed by atoms with van der Waals surface area (Å²) < 4.78 is 0. The van der Waals surface area contributed by atoms with Crippen molar-refractivity contribution >= 4 is 22.4 Å². The van der Waals surface area contributed by atoms with Gasteiger partial charge in [-0.25, -0.2) is 4.98 Å². The van der Waals surface area contributed by atoms with Gasteiger partial charge in [-0.2, -0.15) is 5.10 Å². The van der Waals surface area contributed by atoms with Gasteiger partial charge in [0.2, 0.25) is 0 Å². The SMILES string of the molecule is CCC(C)(CN)c1csc(-c2ccnc3[nH]ncc23)c1.[HH]. The average Bonchev–Trinajstić information content (AvgIpc) is 3.14. The summed E-state index contributed by atoms with van der Waals surface area (Å²) in [4.78, 5) is 5.52. The first-order chi connectivity index (χ1) is 9.68. The van der Waals surface area contributed by atoms with E-state index in [-0.39, 0.29) is 6.84 Å². The van der Waals surface area contributed by atoms with Gasteiger partial charge in [-0.15, -0.1) is 11.3 Å². The Balaban J connectivity index is 0.00000161. The molecule has 0 fully saturated rings. The molecule has 0 aliphatic carbocycles. The van der Waals surface area contributed by atoms with Crippen molar-refractivity contribution in [3.63, 3.8) is 0 Å². The topological polar surface area (TPSA) is 67.6 Å². The van der Waals surface area contributed by atoms with Gasteiger partial charge in [-0.1, -0.05) is 13.8 Å². The van der Waals surface area contributed by atoms with E-state index >= 15 is 0 Å². The molecule has 1 unspecified atom stereocenters. The third-order valence-corrected chi connectivity index (χ3v) is 5.11. The number of fused-ring (bicyclic) bond motifs is 1. The van der Waals surface area contributed by atoms with Gasteiger partial charge in [0, 0.05) is 35.4 Å². The third kappa shape index (κ3) is 2.03. The predicted octanol–water partition coefficient (Wildman–Crippen LogP) is 3.56. The summed E-state index contributed by atoms with van der Waals surface area (Å²) in [6.45, 7) is 5.07. The predicted molar refractivity (Wildman–Crippen MR) is 86.0 cm³/mol. The number of aromatic nitrogens is 3. The van der Waals surface area contributed by atoms with Crippen LogP contribution in [0.15, 0.2) is 29.9 Å². The maximum absolute atomic E-state index is 5.95. The van der Waals surface area contributed by atoms with Crippen LogP contribution >= 0.6 is 11.3 Å². The normalized spacial score (nSPS) is 14.6. The van der Waals surface area contributed by atoms with Crippen molar-refractivity contribution in [1.29, 1.82) is 0 Å². The fourth-order valence-electron chi connectivity index (χ4n) is 2.33. The molecule has 0 saturated carbocycles. The van der Waals surface area contributed by atoms with Crippen molar-refractivity contribution in [2.75, 3.05) is 6.54 Å². The average molecular weight is 288 g/mol. The highest BCUT2D eigenvalue weighted by molar-refractivity contribution is 7.13. The van der Waals surface area contributed by atoms with Gasteiger partial charge >= 0.3 is 0 Å². The highest BCUT2D eigenvalue weighted by Gasteiger charge is 2.24. The Kier molecular flexibility index (Phi) is 3.31. The lowest BCUT2D eigenvalue weighted by atomic mass is 9.81. The summed E-state index contributed by atoms with van der Waals surface area (Å²) in [5.41, 5.74) is 9.32. The van der Waals surface area contributed by atoms with Gasteiger partial charge < -0.3 is 5.73 Å². The Morgan fingerprint density at radius 2 is 2.35 bits per heavy atom. The second-order valence-corrected chi connectivity index (χ2v) is 6.22. The van der Waals surface area contributed by atoms with Crippen LogP contribution in [0.3, 0.4) is 0 Å². The first-order valence-electron chi connectivity index (χ1n) is 6.75. The zero-order chi connectivity index (χ0) is 14.2. The minimum absolute atomic E-state index is 0. The van der Waals surface area contributed by atoms with Gasteiger partial charge in [-0.05, 0) is 29.5 Å². The molecular weight excluding hydrogens is 268 g/mol. The molecule has 0 aliphatic rings. The molecule has 0 aromatic carbocycles. The number of nitrogens with zero attached hydrogens (tertiary/aromatic N) is 2. The molecule has 3 N–H and O–H groups in total. The highest BCUT2D eigenvalue weighted by Crippen LogP contribution is 2.36. The van der Waals surface area contributed by atoms with Crippen LogP contribution in [0.2, 0.25) is 0 Å². The Hall–Kier alpha value is -1.72. The Bertz CT molecular complexity index is 730. The van der Waals surface area contributed by atoms with Gasteiger partial charge in [-0.3, -0.25) is 5.10 Å². The lowest BCUT2D eigenvalue weighted by molar-refractivity contribution is 0.469. The van der Waals surface area contributed by atoms with Crippen LogP contribution in [0.1, 0.15) is 27.3 Å². The molecule has 106 valence electrons. The fraction of sp³-hybridized carbons (Fsp3) is 0.333. The van der Waals surface area contributed by atoms with Crippen LogP contribution in [-0.2, 0) is 5.41 Å². The minimum atomic E-state index is 0. The second kappa shape index (κ2) is 5.00. The van der Waals surface area contributed by atoms with E-state index in [0.717, 1.165) is 17.5 Å². The monoisotopic (exact) mass is 288 g/mol. The number of hydrogen-bond donors (Lipinski definition) is 2. The highest BCUT2D eigenvalue weighted by atomic mass is 32.1. The molecule has 0 bridgehead atoms. The molecule has 3 aromatic rings. The molecule has 1 atom stereocenters. The van der Waals surface area contributed by atoms with E-state index in [1.54, 1.807) is 11.3 Å². The molecule has 5 heteroatoms. The fourth-order valence-corrected chi connectivity index (χ4v) is 3.43. The van der Waals surface area contributed by atoms with E-state index in [2.05, 4.69) is 40.5 Å². The van der Waals surface area contributed by atoms with Crippen molar-refractivity contribution < 1.29 is 1.43 Å². The second-order valence-electron chi connectivity index (χ2n) is 5.31. The maximum atomic E-state index is 5.95. The Morgan fingerprint density at radius 3 is 3.10 bits per heavy atom. The summed E-state index contributed by atoms with van der Waals surface area (Å²) in [5.74, 6) is 0. The zero-order valence-electron chi connectivity index (χ0n) is 11.7. The number of aromatic amines is 1. The molecule has 0 saturated heterocycles. The molecule has 3 aromatic heterocycles. The van der Waals surface area contributed by atoms with Crippen LogP contribution < -0.4 is 5.73 Å². The first kappa shape index (κ1) is 13.3. The molecule has 0 radical (unpaired) electrons. The number of pyridine rings is 1. The largest absolute Gasteiger partial charge is 0.330 e. The smallest absolute Gasteiger partial charge is 0.155 e. The van der Waals surface area contributed by atoms with E-state index in [0.29, 0.717) is 6.54 Å². The Morgan fingerprint density at radius 1 is 1.50 bits per heavy atom. The van der Waals surface area contributed by atoms with Crippen LogP contribution in [0.4, 0.5) is 0 Å². The molecule has 0 spiro atoms.